The van der Waals surface area contributed by atoms with Crippen molar-refractivity contribution in [2.75, 3.05) is 7.05 Å². The normalized spacial score (nSPS) is 19.6. The van der Waals surface area contributed by atoms with Crippen molar-refractivity contribution in [2.24, 2.45) is 0 Å². The molecule has 1 saturated carbocycles. The van der Waals surface area contributed by atoms with Crippen LogP contribution in [0.4, 0.5) is 0 Å². The number of hydrogen-bond acceptors (Lipinski definition) is 1. The Morgan fingerprint density at radius 3 is 2.38 bits per heavy atom. The summed E-state index contributed by atoms with van der Waals surface area (Å²) < 4.78 is 0. The summed E-state index contributed by atoms with van der Waals surface area (Å²) in [7, 11) is 2.09. The summed E-state index contributed by atoms with van der Waals surface area (Å²) >= 11 is 0. The Labute approximate surface area is 51.0 Å². The van der Waals surface area contributed by atoms with E-state index in [1.807, 2.05) is 6.20 Å². The summed E-state index contributed by atoms with van der Waals surface area (Å²) in [5.41, 5.74) is 0. The summed E-state index contributed by atoms with van der Waals surface area (Å²) in [4.78, 5) is 2.20. The Morgan fingerprint density at radius 1 is 1.62 bits per heavy atom. The molecule has 1 fully saturated rings. The molecule has 0 N–H and O–H groups in total. The SMILES string of the molecule is C=CN(C)C1CCC1. The molecule has 0 aromatic rings. The number of hydrogen-bond donors (Lipinski definition) is 0. The molecule has 46 valence electrons. The summed E-state index contributed by atoms with van der Waals surface area (Å²) in [6.07, 6.45) is 6.04. The predicted octanol–water partition coefficient (Wildman–Crippen LogP) is 1.61. The lowest BCUT2D eigenvalue weighted by molar-refractivity contribution is 0.218. The Kier molecular flexibility index (Phi) is 1.56. The Bertz CT molecular complexity index is 84.4. The monoisotopic (exact) mass is 111 g/mol. The molecular weight excluding hydrogens is 98.1 g/mol. The fraction of sp³-hybridized carbons (Fsp3) is 0.714. The molecule has 0 radical (unpaired) electrons. The van der Waals surface area contributed by atoms with Crippen molar-refractivity contribution in [3.05, 3.63) is 12.8 Å². The summed E-state index contributed by atoms with van der Waals surface area (Å²) in [6.45, 7) is 3.69. The first kappa shape index (κ1) is 5.67. The van der Waals surface area contributed by atoms with Crippen LogP contribution in [-0.4, -0.2) is 18.0 Å². The first-order valence-electron chi connectivity index (χ1n) is 3.19. The highest BCUT2D eigenvalue weighted by Gasteiger charge is 2.18. The molecule has 0 aliphatic heterocycles. The van der Waals surface area contributed by atoms with Crippen molar-refractivity contribution in [1.82, 2.24) is 4.90 Å². The molecule has 8 heavy (non-hydrogen) atoms. The Morgan fingerprint density at radius 2 is 2.25 bits per heavy atom. The average Bonchev–Trinajstić information content (AvgIpc) is 1.62. The zero-order valence-electron chi connectivity index (χ0n) is 5.43. The van der Waals surface area contributed by atoms with Crippen molar-refractivity contribution >= 4 is 0 Å². The summed E-state index contributed by atoms with van der Waals surface area (Å²) in [5.74, 6) is 0. The molecule has 1 rings (SSSR count). The van der Waals surface area contributed by atoms with Gasteiger partial charge in [-0.05, 0) is 25.5 Å². The highest BCUT2D eigenvalue weighted by molar-refractivity contribution is 4.82. The molecule has 0 aromatic heterocycles. The highest BCUT2D eigenvalue weighted by Crippen LogP contribution is 2.22. The minimum atomic E-state index is 0.812. The Balaban J connectivity index is 2.22. The van der Waals surface area contributed by atoms with Gasteiger partial charge in [-0.2, -0.15) is 0 Å². The molecule has 0 atom stereocenters. The maximum absolute atomic E-state index is 3.69. The van der Waals surface area contributed by atoms with Gasteiger partial charge >= 0.3 is 0 Å². The fourth-order valence-electron chi connectivity index (χ4n) is 0.943. The van der Waals surface area contributed by atoms with E-state index in [4.69, 9.17) is 0 Å². The second-order valence-corrected chi connectivity index (χ2v) is 2.43. The number of nitrogens with zero attached hydrogens (tertiary/aromatic N) is 1. The van der Waals surface area contributed by atoms with Crippen LogP contribution in [-0.2, 0) is 0 Å². The standard InChI is InChI=1S/C7H13N/c1-3-8(2)7-5-4-6-7/h3,7H,1,4-6H2,2H3. The van der Waals surface area contributed by atoms with Crippen LogP contribution in [0.15, 0.2) is 12.8 Å². The predicted molar refractivity (Wildman–Crippen MR) is 35.6 cm³/mol. The maximum Gasteiger partial charge on any atom is 0.0280 e. The molecule has 0 saturated heterocycles. The average molecular weight is 111 g/mol. The van der Waals surface area contributed by atoms with Crippen molar-refractivity contribution in [3.8, 4) is 0 Å². The first-order chi connectivity index (χ1) is 3.84. The second kappa shape index (κ2) is 2.21. The summed E-state index contributed by atoms with van der Waals surface area (Å²) in [6, 6.07) is 0.812. The molecule has 1 heteroatoms. The first-order valence-corrected chi connectivity index (χ1v) is 3.19. The van der Waals surface area contributed by atoms with E-state index < -0.39 is 0 Å². The van der Waals surface area contributed by atoms with Crippen molar-refractivity contribution in [3.63, 3.8) is 0 Å². The maximum atomic E-state index is 3.69. The van der Waals surface area contributed by atoms with Gasteiger partial charge in [0.05, 0.1) is 0 Å². The largest absolute Gasteiger partial charge is 0.378 e. The molecule has 0 amide bonds. The van der Waals surface area contributed by atoms with Gasteiger partial charge in [0.25, 0.3) is 0 Å². The Hall–Kier alpha value is -0.460. The van der Waals surface area contributed by atoms with E-state index in [0.29, 0.717) is 0 Å². The lowest BCUT2D eigenvalue weighted by Crippen LogP contribution is -2.32. The van der Waals surface area contributed by atoms with Gasteiger partial charge in [-0.3, -0.25) is 0 Å². The van der Waals surface area contributed by atoms with Gasteiger partial charge in [0.15, 0.2) is 0 Å². The summed E-state index contributed by atoms with van der Waals surface area (Å²) in [5, 5.41) is 0. The molecule has 0 bridgehead atoms. The lowest BCUT2D eigenvalue weighted by atomic mass is 9.92. The lowest BCUT2D eigenvalue weighted by Gasteiger charge is -2.33. The molecule has 0 spiro atoms. The molecule has 1 nitrogen and oxygen atoms in total. The van der Waals surface area contributed by atoms with Gasteiger partial charge in [-0.15, -0.1) is 0 Å². The van der Waals surface area contributed by atoms with Crippen LogP contribution in [0, 0.1) is 0 Å². The molecule has 0 aromatic carbocycles. The number of rotatable bonds is 2. The topological polar surface area (TPSA) is 3.24 Å². The quantitative estimate of drug-likeness (QED) is 0.523. The highest BCUT2D eigenvalue weighted by atomic mass is 15.1. The van der Waals surface area contributed by atoms with E-state index in [-0.39, 0.29) is 0 Å². The van der Waals surface area contributed by atoms with Gasteiger partial charge in [-0.25, -0.2) is 0 Å². The van der Waals surface area contributed by atoms with E-state index >= 15 is 0 Å². The third kappa shape index (κ3) is 0.857. The van der Waals surface area contributed by atoms with Gasteiger partial charge in [-0.1, -0.05) is 6.58 Å². The van der Waals surface area contributed by atoms with Gasteiger partial charge < -0.3 is 4.90 Å². The van der Waals surface area contributed by atoms with Crippen molar-refractivity contribution < 1.29 is 0 Å². The van der Waals surface area contributed by atoms with Crippen LogP contribution < -0.4 is 0 Å². The van der Waals surface area contributed by atoms with Crippen LogP contribution in [0.25, 0.3) is 0 Å². The van der Waals surface area contributed by atoms with Crippen molar-refractivity contribution in [1.29, 1.82) is 0 Å². The molecule has 1 aliphatic carbocycles. The second-order valence-electron chi connectivity index (χ2n) is 2.43. The van der Waals surface area contributed by atoms with Gasteiger partial charge in [0.2, 0.25) is 0 Å². The van der Waals surface area contributed by atoms with E-state index in [9.17, 15) is 0 Å². The van der Waals surface area contributed by atoms with E-state index in [1.165, 1.54) is 19.3 Å². The van der Waals surface area contributed by atoms with E-state index in [2.05, 4.69) is 18.5 Å². The molecule has 1 aliphatic rings. The smallest absolute Gasteiger partial charge is 0.0280 e. The molecular formula is C7H13N. The van der Waals surface area contributed by atoms with Crippen LogP contribution in [0.5, 0.6) is 0 Å². The zero-order chi connectivity index (χ0) is 5.98. The van der Waals surface area contributed by atoms with Crippen LogP contribution in [0.1, 0.15) is 19.3 Å². The van der Waals surface area contributed by atoms with Crippen LogP contribution in [0.2, 0.25) is 0 Å². The minimum Gasteiger partial charge on any atom is -0.378 e. The minimum absolute atomic E-state index is 0.812. The van der Waals surface area contributed by atoms with Crippen LogP contribution >= 0.6 is 0 Å². The third-order valence-electron chi connectivity index (χ3n) is 1.94. The van der Waals surface area contributed by atoms with E-state index in [1.54, 1.807) is 0 Å². The van der Waals surface area contributed by atoms with Crippen molar-refractivity contribution in [2.45, 2.75) is 25.3 Å². The van der Waals surface area contributed by atoms with Crippen LogP contribution in [0.3, 0.4) is 0 Å². The van der Waals surface area contributed by atoms with Gasteiger partial charge in [0.1, 0.15) is 0 Å². The molecule has 0 unspecified atom stereocenters. The third-order valence-corrected chi connectivity index (χ3v) is 1.94. The zero-order valence-corrected chi connectivity index (χ0v) is 5.43. The fourth-order valence-corrected chi connectivity index (χ4v) is 0.943. The van der Waals surface area contributed by atoms with E-state index in [0.717, 1.165) is 6.04 Å². The van der Waals surface area contributed by atoms with Gasteiger partial charge in [0, 0.05) is 13.1 Å². The molecule has 0 heterocycles.